The van der Waals surface area contributed by atoms with E-state index in [-0.39, 0.29) is 30.2 Å². The highest BCUT2D eigenvalue weighted by atomic mass is 16.5. The van der Waals surface area contributed by atoms with E-state index in [1.54, 1.807) is 4.90 Å². The minimum absolute atomic E-state index is 0.0107. The van der Waals surface area contributed by atoms with Gasteiger partial charge in [-0.15, -0.1) is 0 Å². The number of hydrogen-bond acceptors (Lipinski definition) is 4. The molecule has 0 bridgehead atoms. The van der Waals surface area contributed by atoms with E-state index in [0.29, 0.717) is 13.1 Å². The van der Waals surface area contributed by atoms with E-state index in [1.165, 1.54) is 14.0 Å². The molecule has 1 fully saturated rings. The van der Waals surface area contributed by atoms with Crippen LogP contribution >= 0.6 is 0 Å². The van der Waals surface area contributed by atoms with Gasteiger partial charge in [-0.2, -0.15) is 0 Å². The second kappa shape index (κ2) is 6.22. The summed E-state index contributed by atoms with van der Waals surface area (Å²) >= 11 is 0. The van der Waals surface area contributed by atoms with E-state index >= 15 is 0 Å². The van der Waals surface area contributed by atoms with Gasteiger partial charge >= 0.3 is 5.97 Å². The van der Waals surface area contributed by atoms with Crippen LogP contribution in [0.5, 0.6) is 0 Å². The molecule has 0 spiro atoms. The number of nitrogens with one attached hydrogen (secondary N) is 1. The predicted molar refractivity (Wildman–Crippen MR) is 60.0 cm³/mol. The maximum atomic E-state index is 11.7. The lowest BCUT2D eigenvalue weighted by Gasteiger charge is -2.31. The highest BCUT2D eigenvalue weighted by Crippen LogP contribution is 2.17. The van der Waals surface area contributed by atoms with Crippen molar-refractivity contribution < 1.29 is 19.1 Å². The summed E-state index contributed by atoms with van der Waals surface area (Å²) in [5.74, 6) is -0.911. The SMILES string of the molecule is COC(=O)[C@H]1CCCN(C(=O)CNC(C)=O)C1. The molecule has 0 saturated carbocycles. The third-order valence-corrected chi connectivity index (χ3v) is 2.80. The molecular weight excluding hydrogens is 224 g/mol. The molecule has 1 saturated heterocycles. The van der Waals surface area contributed by atoms with Gasteiger partial charge in [-0.3, -0.25) is 14.4 Å². The Morgan fingerprint density at radius 1 is 1.41 bits per heavy atom. The van der Waals surface area contributed by atoms with Crippen molar-refractivity contribution in [2.45, 2.75) is 19.8 Å². The number of hydrogen-bond donors (Lipinski definition) is 1. The van der Waals surface area contributed by atoms with Crippen LogP contribution in [0.1, 0.15) is 19.8 Å². The number of rotatable bonds is 3. The van der Waals surface area contributed by atoms with Crippen molar-refractivity contribution in [3.8, 4) is 0 Å². The van der Waals surface area contributed by atoms with E-state index in [0.717, 1.165) is 12.8 Å². The Morgan fingerprint density at radius 3 is 2.71 bits per heavy atom. The average Bonchev–Trinajstić information content (AvgIpc) is 2.35. The van der Waals surface area contributed by atoms with Crippen molar-refractivity contribution in [3.05, 3.63) is 0 Å². The molecule has 1 atom stereocenters. The molecule has 96 valence electrons. The summed E-state index contributed by atoms with van der Waals surface area (Å²) in [5.41, 5.74) is 0. The molecule has 1 rings (SSSR count). The minimum atomic E-state index is -0.276. The van der Waals surface area contributed by atoms with Crippen molar-refractivity contribution >= 4 is 17.8 Å². The number of esters is 1. The van der Waals surface area contributed by atoms with E-state index < -0.39 is 0 Å². The first-order valence-electron chi connectivity index (χ1n) is 5.64. The van der Waals surface area contributed by atoms with Crippen LogP contribution in [0.15, 0.2) is 0 Å². The molecule has 1 N–H and O–H groups in total. The molecule has 1 aliphatic rings. The van der Waals surface area contributed by atoms with Crippen LogP contribution in [-0.4, -0.2) is 49.4 Å². The Hall–Kier alpha value is -1.59. The molecule has 1 heterocycles. The van der Waals surface area contributed by atoms with Crippen molar-refractivity contribution in [3.63, 3.8) is 0 Å². The van der Waals surface area contributed by atoms with Gasteiger partial charge in [0.25, 0.3) is 0 Å². The number of amides is 2. The van der Waals surface area contributed by atoms with Gasteiger partial charge in [0, 0.05) is 20.0 Å². The van der Waals surface area contributed by atoms with Crippen molar-refractivity contribution in [1.29, 1.82) is 0 Å². The molecule has 2 amide bonds. The molecule has 0 aliphatic carbocycles. The summed E-state index contributed by atoms with van der Waals surface area (Å²) in [6.45, 7) is 2.36. The number of carbonyl (C=O) groups is 3. The van der Waals surface area contributed by atoms with Crippen LogP contribution in [0, 0.1) is 5.92 Å². The normalized spacial score (nSPS) is 19.6. The molecule has 6 heteroatoms. The van der Waals surface area contributed by atoms with Gasteiger partial charge in [0.1, 0.15) is 0 Å². The van der Waals surface area contributed by atoms with Gasteiger partial charge in [-0.25, -0.2) is 0 Å². The van der Waals surface area contributed by atoms with Gasteiger partial charge in [0.2, 0.25) is 11.8 Å². The first kappa shape index (κ1) is 13.5. The second-order valence-corrected chi connectivity index (χ2v) is 4.11. The van der Waals surface area contributed by atoms with Crippen molar-refractivity contribution in [2.75, 3.05) is 26.7 Å². The molecule has 0 aromatic carbocycles. The lowest BCUT2D eigenvalue weighted by atomic mass is 9.98. The molecular formula is C11H18N2O4. The fourth-order valence-electron chi connectivity index (χ4n) is 1.87. The van der Waals surface area contributed by atoms with Crippen LogP contribution in [0.4, 0.5) is 0 Å². The lowest BCUT2D eigenvalue weighted by molar-refractivity contribution is -0.149. The molecule has 0 unspecified atom stereocenters. The van der Waals surface area contributed by atoms with Gasteiger partial charge in [0.15, 0.2) is 0 Å². The van der Waals surface area contributed by atoms with Gasteiger partial charge in [-0.1, -0.05) is 0 Å². The molecule has 0 aromatic heterocycles. The summed E-state index contributed by atoms with van der Waals surface area (Å²) in [7, 11) is 1.35. The van der Waals surface area contributed by atoms with Crippen LogP contribution in [0.25, 0.3) is 0 Å². The van der Waals surface area contributed by atoms with E-state index in [1.807, 2.05) is 0 Å². The van der Waals surface area contributed by atoms with Gasteiger partial charge in [-0.05, 0) is 12.8 Å². The maximum absolute atomic E-state index is 11.7. The predicted octanol–water partition coefficient (Wildman–Crippen LogP) is -0.466. The van der Waals surface area contributed by atoms with Crippen LogP contribution in [0.2, 0.25) is 0 Å². The Bertz CT molecular complexity index is 317. The average molecular weight is 242 g/mol. The first-order valence-corrected chi connectivity index (χ1v) is 5.64. The molecule has 0 aromatic rings. The quantitative estimate of drug-likeness (QED) is 0.679. The summed E-state index contributed by atoms with van der Waals surface area (Å²) in [4.78, 5) is 35.4. The Labute approximate surface area is 100 Å². The van der Waals surface area contributed by atoms with E-state index in [9.17, 15) is 14.4 Å². The number of nitrogens with zero attached hydrogens (tertiary/aromatic N) is 1. The fourth-order valence-corrected chi connectivity index (χ4v) is 1.87. The summed E-state index contributed by atoms with van der Waals surface area (Å²) in [6.07, 6.45) is 1.53. The molecule has 1 aliphatic heterocycles. The van der Waals surface area contributed by atoms with Crippen molar-refractivity contribution in [1.82, 2.24) is 10.2 Å². The summed E-state index contributed by atoms with van der Waals surface area (Å²) in [5, 5.41) is 2.45. The number of piperidine rings is 1. The second-order valence-electron chi connectivity index (χ2n) is 4.11. The highest BCUT2D eigenvalue weighted by molar-refractivity contribution is 5.84. The Kier molecular flexibility index (Phi) is 4.93. The summed E-state index contributed by atoms with van der Waals surface area (Å²) < 4.78 is 4.67. The largest absolute Gasteiger partial charge is 0.469 e. The topological polar surface area (TPSA) is 75.7 Å². The molecule has 6 nitrogen and oxygen atoms in total. The molecule has 17 heavy (non-hydrogen) atoms. The summed E-state index contributed by atoms with van der Waals surface area (Å²) in [6, 6.07) is 0. The third kappa shape index (κ3) is 4.05. The Balaban J connectivity index is 2.45. The van der Waals surface area contributed by atoms with Crippen molar-refractivity contribution in [2.24, 2.45) is 5.92 Å². The number of methoxy groups -OCH3 is 1. The van der Waals surface area contributed by atoms with Crippen LogP contribution in [0.3, 0.4) is 0 Å². The zero-order valence-corrected chi connectivity index (χ0v) is 10.2. The minimum Gasteiger partial charge on any atom is -0.469 e. The number of ether oxygens (including phenoxy) is 1. The fraction of sp³-hybridized carbons (Fsp3) is 0.727. The number of likely N-dealkylation sites (tertiary alicyclic amines) is 1. The zero-order valence-electron chi connectivity index (χ0n) is 10.2. The van der Waals surface area contributed by atoms with Crippen LogP contribution in [-0.2, 0) is 19.1 Å². The van der Waals surface area contributed by atoms with E-state index in [4.69, 9.17) is 0 Å². The third-order valence-electron chi connectivity index (χ3n) is 2.80. The van der Waals surface area contributed by atoms with Crippen LogP contribution < -0.4 is 5.32 Å². The highest BCUT2D eigenvalue weighted by Gasteiger charge is 2.28. The molecule has 0 radical (unpaired) electrons. The lowest BCUT2D eigenvalue weighted by Crippen LogP contribution is -2.46. The standard InChI is InChI=1S/C11H18N2O4/c1-8(14)12-6-10(15)13-5-3-4-9(7-13)11(16)17-2/h9H,3-7H2,1-2H3,(H,12,14)/t9-/m0/s1. The van der Waals surface area contributed by atoms with Gasteiger partial charge in [0.05, 0.1) is 19.6 Å². The number of carbonyl (C=O) groups excluding carboxylic acids is 3. The zero-order chi connectivity index (χ0) is 12.8. The monoisotopic (exact) mass is 242 g/mol. The van der Waals surface area contributed by atoms with E-state index in [2.05, 4.69) is 10.1 Å². The Morgan fingerprint density at radius 2 is 2.12 bits per heavy atom. The van der Waals surface area contributed by atoms with Gasteiger partial charge < -0.3 is 15.0 Å². The smallest absolute Gasteiger partial charge is 0.310 e. The first-order chi connectivity index (χ1) is 8.04. The maximum Gasteiger partial charge on any atom is 0.310 e.